The molecule has 24 heavy (non-hydrogen) atoms. The van der Waals surface area contributed by atoms with Crippen molar-refractivity contribution < 1.29 is 31.6 Å². The van der Waals surface area contributed by atoms with Gasteiger partial charge in [0.25, 0.3) is 0 Å². The highest BCUT2D eigenvalue weighted by molar-refractivity contribution is 7.93. The van der Waals surface area contributed by atoms with Gasteiger partial charge in [0.05, 0.1) is 4.92 Å². The summed E-state index contributed by atoms with van der Waals surface area (Å²) in [6, 6.07) is 8.31. The summed E-state index contributed by atoms with van der Waals surface area (Å²) in [5, 5.41) is 20.7. The van der Waals surface area contributed by atoms with Crippen molar-refractivity contribution in [2.24, 2.45) is 0 Å². The molecule has 7 nitrogen and oxygen atoms in total. The molecule has 0 aromatic heterocycles. The first kappa shape index (κ1) is 17.5. The van der Waals surface area contributed by atoms with Gasteiger partial charge < -0.3 is 5.11 Å². The number of rotatable bonds is 4. The summed E-state index contributed by atoms with van der Waals surface area (Å²) >= 11 is 0. The molecule has 2 N–H and O–H groups in total. The number of nitro benzene ring substituents is 1. The van der Waals surface area contributed by atoms with E-state index < -0.39 is 37.6 Å². The van der Waals surface area contributed by atoms with Crippen molar-refractivity contribution in [3.8, 4) is 16.9 Å². The minimum atomic E-state index is -5.60. The predicted molar refractivity (Wildman–Crippen MR) is 78.8 cm³/mol. The summed E-state index contributed by atoms with van der Waals surface area (Å²) in [4.78, 5) is 9.97. The Balaban J connectivity index is 2.46. The number of hydrogen-bond donors (Lipinski definition) is 2. The first-order valence-electron chi connectivity index (χ1n) is 6.19. The van der Waals surface area contributed by atoms with Crippen LogP contribution in [0.1, 0.15) is 0 Å². The Kier molecular flexibility index (Phi) is 4.38. The molecule has 0 aliphatic carbocycles. The molecule has 2 rings (SSSR count). The first-order chi connectivity index (χ1) is 11.0. The molecule has 0 bridgehead atoms. The van der Waals surface area contributed by atoms with E-state index in [1.165, 1.54) is 29.0 Å². The number of phenolic OH excluding ortho intramolecular Hbond substituents is 1. The fourth-order valence-corrected chi connectivity index (χ4v) is 2.43. The highest BCUT2D eigenvalue weighted by Gasteiger charge is 2.46. The van der Waals surface area contributed by atoms with Gasteiger partial charge in [0.2, 0.25) is 5.75 Å². The van der Waals surface area contributed by atoms with Crippen molar-refractivity contribution in [1.29, 1.82) is 0 Å². The number of phenols is 1. The minimum Gasteiger partial charge on any atom is -0.502 e. The Morgan fingerprint density at radius 1 is 1.12 bits per heavy atom. The Morgan fingerprint density at radius 2 is 1.75 bits per heavy atom. The highest BCUT2D eigenvalue weighted by atomic mass is 32.2. The van der Waals surface area contributed by atoms with Crippen LogP contribution in [0.4, 0.5) is 24.5 Å². The third-order valence-electron chi connectivity index (χ3n) is 2.94. The van der Waals surface area contributed by atoms with Crippen molar-refractivity contribution in [1.82, 2.24) is 0 Å². The van der Waals surface area contributed by atoms with Gasteiger partial charge in [-0.3, -0.25) is 14.8 Å². The van der Waals surface area contributed by atoms with Crippen molar-refractivity contribution in [2.75, 3.05) is 4.72 Å². The molecule has 2 aromatic rings. The summed E-state index contributed by atoms with van der Waals surface area (Å²) in [5.74, 6) is -0.682. The van der Waals surface area contributed by atoms with Gasteiger partial charge in [0.15, 0.2) is 0 Å². The molecule has 0 radical (unpaired) electrons. The van der Waals surface area contributed by atoms with Crippen LogP contribution < -0.4 is 4.72 Å². The van der Waals surface area contributed by atoms with Crippen LogP contribution in [0.15, 0.2) is 42.5 Å². The maximum absolute atomic E-state index is 12.4. The zero-order chi connectivity index (χ0) is 18.1. The number of alkyl halides is 3. The van der Waals surface area contributed by atoms with Gasteiger partial charge in [-0.2, -0.15) is 21.6 Å². The number of para-hydroxylation sites is 1. The lowest BCUT2D eigenvalue weighted by Crippen LogP contribution is -2.29. The molecule has 0 amide bonds. The molecule has 128 valence electrons. The molecule has 0 atom stereocenters. The van der Waals surface area contributed by atoms with Gasteiger partial charge in [-0.25, -0.2) is 0 Å². The smallest absolute Gasteiger partial charge is 0.502 e. The van der Waals surface area contributed by atoms with Crippen molar-refractivity contribution in [3.05, 3.63) is 52.6 Å². The number of benzene rings is 2. The summed E-state index contributed by atoms with van der Waals surface area (Å²) < 4.78 is 60.7. The van der Waals surface area contributed by atoms with E-state index in [-0.39, 0.29) is 11.1 Å². The van der Waals surface area contributed by atoms with Crippen LogP contribution in [-0.2, 0) is 10.0 Å². The predicted octanol–water partition coefficient (Wildman–Crippen LogP) is 3.23. The second-order valence-corrected chi connectivity index (χ2v) is 6.24. The van der Waals surface area contributed by atoms with Gasteiger partial charge >= 0.3 is 21.2 Å². The average Bonchev–Trinajstić information content (AvgIpc) is 2.45. The van der Waals surface area contributed by atoms with E-state index in [9.17, 15) is 36.8 Å². The Morgan fingerprint density at radius 3 is 2.33 bits per heavy atom. The fourth-order valence-electron chi connectivity index (χ4n) is 1.87. The third-order valence-corrected chi connectivity index (χ3v) is 4.06. The zero-order valence-electron chi connectivity index (χ0n) is 11.6. The van der Waals surface area contributed by atoms with Crippen LogP contribution in [0.2, 0.25) is 0 Å². The summed E-state index contributed by atoms with van der Waals surface area (Å²) in [6.07, 6.45) is 0. The minimum absolute atomic E-state index is 0.0303. The maximum atomic E-state index is 12.4. The summed E-state index contributed by atoms with van der Waals surface area (Å²) in [7, 11) is -5.60. The van der Waals surface area contributed by atoms with Crippen molar-refractivity contribution in [2.45, 2.75) is 5.51 Å². The van der Waals surface area contributed by atoms with Gasteiger partial charge in [-0.15, -0.1) is 0 Å². The molecule has 0 heterocycles. The number of nitro groups is 1. The number of halogens is 3. The Bertz CT molecular complexity index is 897. The largest absolute Gasteiger partial charge is 0.516 e. The summed E-state index contributed by atoms with van der Waals surface area (Å²) in [5.41, 5.74) is -6.42. The van der Waals surface area contributed by atoms with Gasteiger partial charge in [-0.05, 0) is 17.7 Å². The van der Waals surface area contributed by atoms with E-state index >= 15 is 0 Å². The molecule has 0 saturated heterocycles. The third kappa shape index (κ3) is 3.40. The van der Waals surface area contributed by atoms with Crippen LogP contribution >= 0.6 is 0 Å². The quantitative estimate of drug-likeness (QED) is 0.641. The van der Waals surface area contributed by atoms with Crippen LogP contribution in [0, 0.1) is 10.1 Å². The van der Waals surface area contributed by atoms with Crippen LogP contribution in [-0.4, -0.2) is 24.0 Å². The van der Waals surface area contributed by atoms with E-state index in [0.29, 0.717) is 0 Å². The fraction of sp³-hybridized carbons (Fsp3) is 0.0769. The average molecular weight is 362 g/mol. The molecular weight excluding hydrogens is 353 g/mol. The molecule has 0 aliphatic rings. The van der Waals surface area contributed by atoms with E-state index in [4.69, 9.17) is 0 Å². The monoisotopic (exact) mass is 362 g/mol. The second kappa shape index (κ2) is 6.00. The zero-order valence-corrected chi connectivity index (χ0v) is 12.4. The Hall–Kier alpha value is -2.82. The molecule has 11 heteroatoms. The maximum Gasteiger partial charge on any atom is 0.516 e. The molecule has 2 aromatic carbocycles. The molecule has 0 aliphatic heterocycles. The van der Waals surface area contributed by atoms with Crippen molar-refractivity contribution in [3.63, 3.8) is 0 Å². The van der Waals surface area contributed by atoms with Crippen molar-refractivity contribution >= 4 is 21.4 Å². The molecule has 0 spiro atoms. The Labute approximate surface area is 133 Å². The molecule has 0 unspecified atom stereocenters. The number of sulfonamides is 1. The van der Waals surface area contributed by atoms with Gasteiger partial charge in [-0.1, -0.05) is 24.3 Å². The second-order valence-electron chi connectivity index (χ2n) is 4.56. The molecule has 0 saturated carbocycles. The highest BCUT2D eigenvalue weighted by Crippen LogP contribution is 2.37. The number of anilines is 1. The SMILES string of the molecule is O=[N+]([O-])c1cccc(-c2cccc(NS(=O)(=O)C(F)(F)F)c2)c1O. The topological polar surface area (TPSA) is 110 Å². The standard InChI is InChI=1S/C13H9F3N2O5S/c14-13(15,16)24(22,23)17-9-4-1-3-8(7-9)10-5-2-6-11(12(10)19)18(20)21/h1-7,17,19H. The number of nitrogens with zero attached hydrogens (tertiary/aromatic N) is 1. The van der Waals surface area contributed by atoms with E-state index in [2.05, 4.69) is 0 Å². The normalized spacial score (nSPS) is 12.0. The first-order valence-corrected chi connectivity index (χ1v) is 7.67. The van der Waals surface area contributed by atoms with Crippen LogP contribution in [0.5, 0.6) is 5.75 Å². The molecular formula is C13H9F3N2O5S. The van der Waals surface area contributed by atoms with E-state index in [1.807, 2.05) is 0 Å². The van der Waals surface area contributed by atoms with E-state index in [1.54, 1.807) is 0 Å². The van der Waals surface area contributed by atoms with Gasteiger partial charge in [0, 0.05) is 17.3 Å². The van der Waals surface area contributed by atoms with Crippen LogP contribution in [0.25, 0.3) is 11.1 Å². The lowest BCUT2D eigenvalue weighted by Gasteiger charge is -2.12. The number of aromatic hydroxyl groups is 1. The summed E-state index contributed by atoms with van der Waals surface area (Å²) in [6.45, 7) is 0. The van der Waals surface area contributed by atoms with E-state index in [0.717, 1.165) is 18.2 Å². The lowest BCUT2D eigenvalue weighted by molar-refractivity contribution is -0.385. The number of nitrogens with one attached hydrogen (secondary N) is 1. The van der Waals surface area contributed by atoms with Crippen LogP contribution in [0.3, 0.4) is 0 Å². The number of hydrogen-bond acceptors (Lipinski definition) is 5. The lowest BCUT2D eigenvalue weighted by atomic mass is 10.0. The van der Waals surface area contributed by atoms with Gasteiger partial charge in [0.1, 0.15) is 0 Å². The molecule has 0 fully saturated rings.